The van der Waals surface area contributed by atoms with Crippen molar-refractivity contribution in [3.05, 3.63) is 132 Å². The molecule has 0 fully saturated rings. The molecule has 0 spiro atoms. The minimum Gasteiger partial charge on any atom is -0.500 e. The van der Waals surface area contributed by atoms with Gasteiger partial charge in [-0.05, 0) is 48.5 Å². The number of pyridine rings is 2. The number of benzene rings is 4. The summed E-state index contributed by atoms with van der Waals surface area (Å²) in [4.78, 5) is 8.40. The maximum Gasteiger partial charge on any atom is 0.128 e. The van der Waals surface area contributed by atoms with Gasteiger partial charge in [-0.1, -0.05) is 71.1 Å². The molecule has 7 rings (SSSR count). The van der Waals surface area contributed by atoms with Gasteiger partial charge in [-0.25, -0.2) is 0 Å². The van der Waals surface area contributed by atoms with Crippen molar-refractivity contribution in [2.75, 3.05) is 0 Å². The van der Waals surface area contributed by atoms with Crippen LogP contribution in [0, 0.1) is 32.7 Å². The van der Waals surface area contributed by atoms with Crippen LogP contribution in [-0.2, 0) is 20.1 Å². The summed E-state index contributed by atoms with van der Waals surface area (Å²) in [7, 11) is 0. The van der Waals surface area contributed by atoms with Crippen LogP contribution in [0.15, 0.2) is 108 Å². The van der Waals surface area contributed by atoms with Crippen LogP contribution in [0.25, 0.3) is 55.2 Å². The van der Waals surface area contributed by atoms with Crippen molar-refractivity contribution < 1.29 is 36.9 Å². The van der Waals surface area contributed by atoms with Gasteiger partial charge in [0.05, 0.1) is 5.58 Å². The van der Waals surface area contributed by atoms with E-state index in [4.69, 9.17) is 16.8 Å². The normalized spacial score (nSPS) is 15.1. The number of rotatable bonds is 2. The third kappa shape index (κ3) is 5.27. The maximum atomic E-state index is 7.82. The van der Waals surface area contributed by atoms with Crippen LogP contribution in [0.2, 0.25) is 0 Å². The summed E-state index contributed by atoms with van der Waals surface area (Å²) in [6.45, 7) is -7.27. The van der Waals surface area contributed by atoms with E-state index in [0.29, 0.717) is 16.8 Å². The first-order chi connectivity index (χ1) is 22.2. The van der Waals surface area contributed by atoms with E-state index in [9.17, 15) is 0 Å². The number of nitrogens with zero attached hydrogens (tertiary/aromatic N) is 2. The van der Waals surface area contributed by atoms with Crippen LogP contribution in [0.5, 0.6) is 0 Å². The molecule has 3 heterocycles. The van der Waals surface area contributed by atoms with Gasteiger partial charge in [-0.15, -0.1) is 54.1 Å². The van der Waals surface area contributed by atoms with Gasteiger partial charge in [0.15, 0.2) is 0 Å². The largest absolute Gasteiger partial charge is 0.500 e. The molecule has 193 valence electrons. The summed E-state index contributed by atoms with van der Waals surface area (Å²) < 4.78 is 74.4. The molecule has 0 amide bonds. The zero-order valence-electron chi connectivity index (χ0n) is 29.5. The maximum absolute atomic E-state index is 7.82. The van der Waals surface area contributed by atoms with Crippen molar-refractivity contribution >= 4 is 32.7 Å². The summed E-state index contributed by atoms with van der Waals surface area (Å²) >= 11 is 0. The third-order valence-corrected chi connectivity index (χ3v) is 6.23. The van der Waals surface area contributed by atoms with E-state index in [1.807, 2.05) is 60.7 Å². The van der Waals surface area contributed by atoms with Crippen LogP contribution in [0.1, 0.15) is 29.0 Å². The molecule has 4 heteroatoms. The van der Waals surface area contributed by atoms with Crippen molar-refractivity contribution in [2.45, 2.75) is 20.6 Å². The van der Waals surface area contributed by atoms with Gasteiger partial charge in [0.2, 0.25) is 0 Å². The Bertz CT molecular complexity index is 2210. The Morgan fingerprint density at radius 3 is 2.31 bits per heavy atom. The molecule has 0 saturated heterocycles. The second-order valence-electron chi connectivity index (χ2n) is 8.68. The van der Waals surface area contributed by atoms with Crippen LogP contribution in [0.4, 0.5) is 0 Å². The molecule has 7 aromatic rings. The molecule has 1 radical (unpaired) electrons. The van der Waals surface area contributed by atoms with Gasteiger partial charge in [0, 0.05) is 55.6 Å². The zero-order chi connectivity index (χ0) is 33.6. The Morgan fingerprint density at radius 1 is 0.667 bits per heavy atom. The van der Waals surface area contributed by atoms with Gasteiger partial charge in [-0.3, -0.25) is 0 Å². The monoisotopic (exact) mass is 692 g/mol. The predicted octanol–water partition coefficient (Wildman–Crippen LogP) is 9.07. The molecule has 0 saturated carbocycles. The average Bonchev–Trinajstić information content (AvgIpc) is 3.44. The Morgan fingerprint density at radius 2 is 1.51 bits per heavy atom. The number of aryl methyl sites for hydroxylation is 3. The molecule has 3 nitrogen and oxygen atoms in total. The van der Waals surface area contributed by atoms with E-state index in [-0.39, 0.29) is 36.8 Å². The van der Waals surface area contributed by atoms with E-state index in [2.05, 4.69) is 22.1 Å². The molecule has 0 bridgehead atoms. The van der Waals surface area contributed by atoms with Crippen LogP contribution >= 0.6 is 0 Å². The quantitative estimate of drug-likeness (QED) is 0.170. The average molecular weight is 692 g/mol. The van der Waals surface area contributed by atoms with Gasteiger partial charge < -0.3 is 14.4 Å². The molecule has 4 aromatic carbocycles. The standard InChI is InChI=1S/C23H16NO.C12H10N.Ir/c1-14-12-21(24-13-15(14)2)20-9-5-8-18-19-11-10-16-6-3-4-7-17(16)22(19)25-23(18)20;1-10-7-8-12(13-9-10)11-5-3-2-4-6-11;/h3-8,10-13H,1-2H3;2-5,7-9H,1H3;/q2*-1;/i1D3,2D3;1D3;. The predicted molar refractivity (Wildman–Crippen MR) is 156 cm³/mol. The van der Waals surface area contributed by atoms with Gasteiger partial charge >= 0.3 is 0 Å². The fourth-order valence-electron chi connectivity index (χ4n) is 4.36. The van der Waals surface area contributed by atoms with Crippen molar-refractivity contribution in [1.82, 2.24) is 9.97 Å². The summed E-state index contributed by atoms with van der Waals surface area (Å²) in [5.41, 5.74) is 3.36. The summed E-state index contributed by atoms with van der Waals surface area (Å²) in [6, 6.07) is 33.7. The second-order valence-corrected chi connectivity index (χ2v) is 8.68. The molecule has 0 aliphatic rings. The Balaban J connectivity index is 0.000000224. The number of fused-ring (bicyclic) bond motifs is 5. The molecular formula is C35H26IrN2O-2. The SMILES string of the molecule is [2H]C([2H])([2H])c1ccc(-c2[c-]cccc2)nc1.[2H]C([2H])([2H])c1cnc(-c2[c-]ccc3c2oc2c4ccccc4ccc32)cc1C([2H])([2H])[2H].[Ir]. The topological polar surface area (TPSA) is 38.9 Å². The molecule has 0 N–H and O–H groups in total. The first-order valence-electron chi connectivity index (χ1n) is 16.4. The van der Waals surface area contributed by atoms with Crippen LogP contribution in [-0.4, -0.2) is 9.97 Å². The molecule has 0 aliphatic carbocycles. The van der Waals surface area contributed by atoms with E-state index in [0.717, 1.165) is 44.6 Å². The first-order valence-corrected chi connectivity index (χ1v) is 11.9. The van der Waals surface area contributed by atoms with Gasteiger partial charge in [0.1, 0.15) is 5.58 Å². The fourth-order valence-corrected chi connectivity index (χ4v) is 4.36. The summed E-state index contributed by atoms with van der Waals surface area (Å²) in [5.74, 6) is 0. The van der Waals surface area contributed by atoms with E-state index < -0.39 is 20.6 Å². The molecule has 0 unspecified atom stereocenters. The number of furan rings is 1. The van der Waals surface area contributed by atoms with Crippen molar-refractivity contribution in [3.8, 4) is 22.5 Å². The van der Waals surface area contributed by atoms with Gasteiger partial charge in [-0.2, -0.15) is 0 Å². The molecular weight excluding hydrogens is 657 g/mol. The third-order valence-electron chi connectivity index (χ3n) is 6.23. The Hall–Kier alpha value is -4.11. The van der Waals surface area contributed by atoms with Crippen LogP contribution in [0.3, 0.4) is 0 Å². The molecule has 39 heavy (non-hydrogen) atoms. The number of aromatic nitrogens is 2. The first kappa shape index (κ1) is 17.5. The van der Waals surface area contributed by atoms with Crippen molar-refractivity contribution in [3.63, 3.8) is 0 Å². The fraction of sp³-hybridized carbons (Fsp3) is 0.0857. The smallest absolute Gasteiger partial charge is 0.128 e. The Labute approximate surface area is 254 Å². The van der Waals surface area contributed by atoms with Crippen molar-refractivity contribution in [2.24, 2.45) is 0 Å². The minimum atomic E-state index is -2.60. The Kier molecular flexibility index (Phi) is 5.07. The number of hydrogen-bond acceptors (Lipinski definition) is 3. The minimum absolute atomic E-state index is 0. The van der Waals surface area contributed by atoms with E-state index in [1.54, 1.807) is 24.3 Å². The summed E-state index contributed by atoms with van der Waals surface area (Å²) in [6.07, 6.45) is 2.51. The van der Waals surface area contributed by atoms with Gasteiger partial charge in [0.25, 0.3) is 0 Å². The molecule has 3 aromatic heterocycles. The molecule has 0 aliphatic heterocycles. The second kappa shape index (κ2) is 11.3. The van der Waals surface area contributed by atoms with E-state index in [1.165, 1.54) is 12.3 Å². The number of hydrogen-bond donors (Lipinski definition) is 0. The van der Waals surface area contributed by atoms with Crippen molar-refractivity contribution in [1.29, 1.82) is 0 Å². The zero-order valence-corrected chi connectivity index (χ0v) is 22.8. The summed E-state index contributed by atoms with van der Waals surface area (Å²) in [5, 5.41) is 3.80. The van der Waals surface area contributed by atoms with E-state index >= 15 is 0 Å². The molecule has 0 atom stereocenters. The van der Waals surface area contributed by atoms with Crippen LogP contribution < -0.4 is 0 Å².